The maximum atomic E-state index is 11.6. The average molecular weight is 316 g/mol. The summed E-state index contributed by atoms with van der Waals surface area (Å²) in [5.41, 5.74) is 1.31. The number of carbonyl (C=O) groups excluding carboxylic acids is 1. The van der Waals surface area contributed by atoms with Crippen molar-refractivity contribution in [2.75, 3.05) is 6.54 Å². The van der Waals surface area contributed by atoms with Gasteiger partial charge in [-0.15, -0.1) is 21.5 Å². The van der Waals surface area contributed by atoms with Gasteiger partial charge in [-0.2, -0.15) is 0 Å². The van der Waals surface area contributed by atoms with Gasteiger partial charge in [0, 0.05) is 6.54 Å². The molecular formula is C14H12N4OS2. The van der Waals surface area contributed by atoms with Crippen molar-refractivity contribution in [3.8, 4) is 0 Å². The van der Waals surface area contributed by atoms with E-state index in [0.29, 0.717) is 12.2 Å². The second kappa shape index (κ2) is 6.19. The Kier molecular flexibility index (Phi) is 4.12. The van der Waals surface area contributed by atoms with Gasteiger partial charge >= 0.3 is 0 Å². The van der Waals surface area contributed by atoms with E-state index in [9.17, 15) is 4.79 Å². The lowest BCUT2D eigenvalue weighted by Crippen LogP contribution is -2.23. The smallest absolute Gasteiger partial charge is 0.271 e. The molecule has 3 aromatic rings. The van der Waals surface area contributed by atoms with Crippen molar-refractivity contribution in [2.24, 2.45) is 0 Å². The van der Waals surface area contributed by atoms with E-state index < -0.39 is 0 Å². The van der Waals surface area contributed by atoms with E-state index in [1.807, 2.05) is 31.2 Å². The molecule has 0 saturated carbocycles. The van der Waals surface area contributed by atoms with Crippen molar-refractivity contribution < 1.29 is 4.79 Å². The maximum Gasteiger partial charge on any atom is 0.271 e. The van der Waals surface area contributed by atoms with Crippen LogP contribution in [0, 0.1) is 0 Å². The summed E-state index contributed by atoms with van der Waals surface area (Å²) >= 11 is 3.06. The van der Waals surface area contributed by atoms with E-state index in [1.54, 1.807) is 23.5 Å². The first-order valence-corrected chi connectivity index (χ1v) is 8.05. The fraction of sp³-hybridized carbons (Fsp3) is 0.143. The first kappa shape index (κ1) is 14.0. The molecule has 0 spiro atoms. The van der Waals surface area contributed by atoms with Gasteiger partial charge in [-0.3, -0.25) is 4.79 Å². The summed E-state index contributed by atoms with van der Waals surface area (Å²) in [7, 11) is 0. The van der Waals surface area contributed by atoms with Crippen LogP contribution in [0.1, 0.15) is 17.4 Å². The summed E-state index contributed by atoms with van der Waals surface area (Å²) < 4.78 is 2.06. The third-order valence-corrected chi connectivity index (χ3v) is 4.70. The standard InChI is InChI=1S/C14H12N4OS2/c1-2-15-13(19)10-7-8-12(18-17-10)21-14-16-9-5-3-4-6-11(9)20-14/h3-8H,2H2,1H3,(H,15,19). The largest absolute Gasteiger partial charge is 0.351 e. The van der Waals surface area contributed by atoms with E-state index in [1.165, 1.54) is 11.8 Å². The molecule has 0 aliphatic rings. The highest BCUT2D eigenvalue weighted by atomic mass is 32.2. The highest BCUT2D eigenvalue weighted by Gasteiger charge is 2.09. The zero-order chi connectivity index (χ0) is 14.7. The van der Waals surface area contributed by atoms with Crippen LogP contribution in [0.15, 0.2) is 45.8 Å². The molecule has 5 nitrogen and oxygen atoms in total. The highest BCUT2D eigenvalue weighted by molar-refractivity contribution is 8.01. The van der Waals surface area contributed by atoms with Gasteiger partial charge in [-0.1, -0.05) is 12.1 Å². The maximum absolute atomic E-state index is 11.6. The zero-order valence-corrected chi connectivity index (χ0v) is 12.9. The van der Waals surface area contributed by atoms with Crippen molar-refractivity contribution in [1.82, 2.24) is 20.5 Å². The predicted octanol–water partition coefficient (Wildman–Crippen LogP) is 2.99. The van der Waals surface area contributed by atoms with Gasteiger partial charge in [0.2, 0.25) is 0 Å². The van der Waals surface area contributed by atoms with Gasteiger partial charge in [0.05, 0.1) is 10.2 Å². The van der Waals surface area contributed by atoms with E-state index in [-0.39, 0.29) is 5.91 Å². The molecule has 0 radical (unpaired) electrons. The lowest BCUT2D eigenvalue weighted by atomic mass is 10.3. The molecule has 7 heteroatoms. The summed E-state index contributed by atoms with van der Waals surface area (Å²) in [6, 6.07) is 11.5. The molecule has 0 atom stereocenters. The van der Waals surface area contributed by atoms with Gasteiger partial charge in [-0.25, -0.2) is 4.98 Å². The Morgan fingerprint density at radius 3 is 2.81 bits per heavy atom. The van der Waals surface area contributed by atoms with Gasteiger partial charge in [0.25, 0.3) is 5.91 Å². The number of thiazole rings is 1. The van der Waals surface area contributed by atoms with Crippen LogP contribution in [0.25, 0.3) is 10.2 Å². The molecule has 0 fully saturated rings. The van der Waals surface area contributed by atoms with Gasteiger partial charge in [0.15, 0.2) is 10.0 Å². The Morgan fingerprint density at radius 2 is 2.10 bits per heavy atom. The monoisotopic (exact) mass is 316 g/mol. The van der Waals surface area contributed by atoms with Crippen LogP contribution in [0.3, 0.4) is 0 Å². The third kappa shape index (κ3) is 3.20. The first-order chi connectivity index (χ1) is 10.3. The van der Waals surface area contributed by atoms with Crippen molar-refractivity contribution in [3.05, 3.63) is 42.1 Å². The van der Waals surface area contributed by atoms with E-state index in [2.05, 4.69) is 20.5 Å². The molecule has 3 rings (SSSR count). The number of fused-ring (bicyclic) bond motifs is 1. The van der Waals surface area contributed by atoms with E-state index in [0.717, 1.165) is 19.6 Å². The number of rotatable bonds is 4. The normalized spacial score (nSPS) is 10.7. The molecule has 0 bridgehead atoms. The van der Waals surface area contributed by atoms with Crippen LogP contribution < -0.4 is 5.32 Å². The number of aromatic nitrogens is 3. The lowest BCUT2D eigenvalue weighted by Gasteiger charge is -2.00. The molecule has 0 aliphatic carbocycles. The Labute approximate surface area is 129 Å². The van der Waals surface area contributed by atoms with Crippen molar-refractivity contribution in [2.45, 2.75) is 16.3 Å². The van der Waals surface area contributed by atoms with Crippen molar-refractivity contribution in [1.29, 1.82) is 0 Å². The third-order valence-electron chi connectivity index (χ3n) is 2.68. The summed E-state index contributed by atoms with van der Waals surface area (Å²) in [5, 5.41) is 11.4. The molecule has 2 aromatic heterocycles. The lowest BCUT2D eigenvalue weighted by molar-refractivity contribution is 0.0949. The number of nitrogens with one attached hydrogen (secondary N) is 1. The van der Waals surface area contributed by atoms with Crippen molar-refractivity contribution in [3.63, 3.8) is 0 Å². The topological polar surface area (TPSA) is 67.8 Å². The number of nitrogens with zero attached hydrogens (tertiary/aromatic N) is 3. The quantitative estimate of drug-likeness (QED) is 0.801. The van der Waals surface area contributed by atoms with Gasteiger partial charge in [0.1, 0.15) is 5.03 Å². The second-order valence-electron chi connectivity index (χ2n) is 4.17. The number of hydrogen-bond donors (Lipinski definition) is 1. The van der Waals surface area contributed by atoms with Crippen LogP contribution >= 0.6 is 23.1 Å². The molecule has 0 aliphatic heterocycles. The van der Waals surface area contributed by atoms with Crippen molar-refractivity contribution >= 4 is 39.2 Å². The molecule has 106 valence electrons. The van der Waals surface area contributed by atoms with Crippen LogP contribution in [0.4, 0.5) is 0 Å². The number of benzene rings is 1. The Balaban J connectivity index is 1.77. The number of amides is 1. The SMILES string of the molecule is CCNC(=O)c1ccc(Sc2nc3ccccc3s2)nn1. The number of para-hydroxylation sites is 1. The highest BCUT2D eigenvalue weighted by Crippen LogP contribution is 2.32. The predicted molar refractivity (Wildman–Crippen MR) is 83.8 cm³/mol. The minimum absolute atomic E-state index is 0.207. The zero-order valence-electron chi connectivity index (χ0n) is 11.2. The summed E-state index contributed by atoms with van der Waals surface area (Å²) in [5.74, 6) is -0.207. The Bertz CT molecular complexity index is 737. The molecule has 1 amide bonds. The summed E-state index contributed by atoms with van der Waals surface area (Å²) in [6.07, 6.45) is 0. The van der Waals surface area contributed by atoms with E-state index in [4.69, 9.17) is 0 Å². The van der Waals surface area contributed by atoms with Gasteiger partial charge < -0.3 is 5.32 Å². The van der Waals surface area contributed by atoms with Crippen LogP contribution in [0.2, 0.25) is 0 Å². The molecule has 1 N–H and O–H groups in total. The minimum atomic E-state index is -0.207. The van der Waals surface area contributed by atoms with Gasteiger partial charge in [-0.05, 0) is 43.0 Å². The summed E-state index contributed by atoms with van der Waals surface area (Å²) in [4.78, 5) is 16.1. The van der Waals surface area contributed by atoms with Crippen LogP contribution in [-0.4, -0.2) is 27.6 Å². The Hall–Kier alpha value is -1.99. The molecule has 0 saturated heterocycles. The Morgan fingerprint density at radius 1 is 1.24 bits per heavy atom. The molecule has 21 heavy (non-hydrogen) atoms. The number of hydrogen-bond acceptors (Lipinski definition) is 6. The second-order valence-corrected chi connectivity index (χ2v) is 6.46. The average Bonchev–Trinajstić information content (AvgIpc) is 2.90. The fourth-order valence-corrected chi connectivity index (χ4v) is 3.66. The summed E-state index contributed by atoms with van der Waals surface area (Å²) in [6.45, 7) is 2.44. The van der Waals surface area contributed by atoms with Crippen LogP contribution in [0.5, 0.6) is 0 Å². The first-order valence-electron chi connectivity index (χ1n) is 6.41. The fourth-order valence-electron chi connectivity index (χ4n) is 1.73. The molecule has 2 heterocycles. The molecule has 1 aromatic carbocycles. The number of carbonyl (C=O) groups is 1. The molecular weight excluding hydrogens is 304 g/mol. The van der Waals surface area contributed by atoms with Crippen LogP contribution in [-0.2, 0) is 0 Å². The minimum Gasteiger partial charge on any atom is -0.351 e. The van der Waals surface area contributed by atoms with E-state index >= 15 is 0 Å². The molecule has 0 unspecified atom stereocenters.